The first-order valence-electron chi connectivity index (χ1n) is 9.33. The molecule has 1 fully saturated rings. The average Bonchev–Trinajstić information content (AvgIpc) is 2.67. The molecule has 0 radical (unpaired) electrons. The predicted molar refractivity (Wildman–Crippen MR) is 106 cm³/mol. The summed E-state index contributed by atoms with van der Waals surface area (Å²) in [5.74, 6) is 1.14. The molecule has 1 heterocycles. The van der Waals surface area contributed by atoms with Gasteiger partial charge >= 0.3 is 0 Å². The second-order valence-electron chi connectivity index (χ2n) is 6.79. The zero-order chi connectivity index (χ0) is 19.1. The van der Waals surface area contributed by atoms with Crippen molar-refractivity contribution in [3.05, 3.63) is 54.1 Å². The van der Waals surface area contributed by atoms with E-state index in [1.165, 1.54) is 0 Å². The third-order valence-corrected chi connectivity index (χ3v) is 4.64. The first-order chi connectivity index (χ1) is 13.1. The number of carbonyl (C=O) groups excluding carboxylic acids is 1. The molecule has 0 saturated carbocycles. The van der Waals surface area contributed by atoms with Gasteiger partial charge in [-0.15, -0.1) is 0 Å². The second kappa shape index (κ2) is 9.28. The number of ether oxygens (including phenoxy) is 1. The van der Waals surface area contributed by atoms with E-state index in [0.29, 0.717) is 19.7 Å². The van der Waals surface area contributed by atoms with Crippen molar-refractivity contribution < 1.29 is 14.6 Å². The van der Waals surface area contributed by atoms with Gasteiger partial charge in [0.2, 0.25) is 5.91 Å². The minimum atomic E-state index is 0.0286. The fraction of sp³-hybridized carbons (Fsp3) is 0.381. The van der Waals surface area contributed by atoms with Gasteiger partial charge in [0.25, 0.3) is 0 Å². The van der Waals surface area contributed by atoms with Crippen LogP contribution in [0.15, 0.2) is 48.5 Å². The molecule has 2 aromatic rings. The summed E-state index contributed by atoms with van der Waals surface area (Å²) in [6.07, 6.45) is 0. The number of aromatic hydroxyl groups is 1. The topological polar surface area (TPSA) is 65.0 Å². The predicted octanol–water partition coefficient (Wildman–Crippen LogP) is 2.02. The Balaban J connectivity index is 1.33. The Bertz CT molecular complexity index is 741. The Labute approximate surface area is 160 Å². The molecule has 2 aromatic carbocycles. The largest absolute Gasteiger partial charge is 0.508 e. The van der Waals surface area contributed by atoms with E-state index in [4.69, 9.17) is 4.74 Å². The molecule has 6 nitrogen and oxygen atoms in total. The summed E-state index contributed by atoms with van der Waals surface area (Å²) in [5, 5.41) is 12.3. The van der Waals surface area contributed by atoms with Crippen LogP contribution in [0.2, 0.25) is 0 Å². The molecule has 0 unspecified atom stereocenters. The number of anilines is 1. The number of benzene rings is 2. The van der Waals surface area contributed by atoms with E-state index in [2.05, 4.69) is 15.1 Å². The fourth-order valence-electron chi connectivity index (χ4n) is 3.15. The third-order valence-electron chi connectivity index (χ3n) is 4.64. The van der Waals surface area contributed by atoms with Crippen LogP contribution >= 0.6 is 0 Å². The Morgan fingerprint density at radius 1 is 1.11 bits per heavy atom. The van der Waals surface area contributed by atoms with Crippen molar-refractivity contribution in [2.75, 3.05) is 50.8 Å². The normalized spacial score (nSPS) is 14.8. The number of amides is 1. The summed E-state index contributed by atoms with van der Waals surface area (Å²) in [5.41, 5.74) is 2.26. The molecule has 1 aliphatic heterocycles. The van der Waals surface area contributed by atoms with Crippen molar-refractivity contribution in [1.82, 2.24) is 10.2 Å². The summed E-state index contributed by atoms with van der Waals surface area (Å²) in [6, 6.07) is 15.1. The van der Waals surface area contributed by atoms with Gasteiger partial charge in [0.1, 0.15) is 18.1 Å². The zero-order valence-electron chi connectivity index (χ0n) is 15.7. The van der Waals surface area contributed by atoms with Crippen LogP contribution in [0.4, 0.5) is 5.69 Å². The number of carbonyl (C=O) groups is 1. The second-order valence-corrected chi connectivity index (χ2v) is 6.79. The maximum Gasteiger partial charge on any atom is 0.234 e. The number of rotatable bonds is 7. The lowest BCUT2D eigenvalue weighted by Crippen LogP contribution is -2.49. The van der Waals surface area contributed by atoms with Crippen LogP contribution in [0.25, 0.3) is 0 Å². The van der Waals surface area contributed by atoms with Gasteiger partial charge in [-0.25, -0.2) is 0 Å². The highest BCUT2D eigenvalue weighted by molar-refractivity contribution is 5.78. The molecule has 1 aliphatic rings. The van der Waals surface area contributed by atoms with E-state index in [1.54, 1.807) is 12.1 Å². The molecule has 144 valence electrons. The smallest absolute Gasteiger partial charge is 0.234 e. The minimum Gasteiger partial charge on any atom is -0.508 e. The number of hydrogen-bond acceptors (Lipinski definition) is 5. The number of phenolic OH excluding ortho intramolecular Hbond substituents is 1. The molecule has 6 heteroatoms. The number of nitrogens with one attached hydrogen (secondary N) is 1. The van der Waals surface area contributed by atoms with Crippen LogP contribution in [-0.2, 0) is 4.79 Å². The van der Waals surface area contributed by atoms with E-state index in [1.807, 2.05) is 43.3 Å². The maximum absolute atomic E-state index is 12.1. The van der Waals surface area contributed by atoms with Crippen LogP contribution in [0.1, 0.15) is 5.56 Å². The highest BCUT2D eigenvalue weighted by Crippen LogP contribution is 2.19. The molecule has 1 amide bonds. The molecule has 0 aliphatic carbocycles. The Morgan fingerprint density at radius 2 is 1.85 bits per heavy atom. The first-order valence-corrected chi connectivity index (χ1v) is 9.33. The average molecular weight is 369 g/mol. The molecule has 0 spiro atoms. The highest BCUT2D eigenvalue weighted by Gasteiger charge is 2.19. The monoisotopic (exact) mass is 369 g/mol. The summed E-state index contributed by atoms with van der Waals surface area (Å²) >= 11 is 0. The standard InChI is InChI=1S/C21H27N3O3/c1-17-3-2-4-20(15-17)27-14-9-22-21(26)16-23-10-12-24(13-11-23)18-5-7-19(25)8-6-18/h2-8,15,25H,9-14,16H2,1H3,(H,22,26). The van der Waals surface area contributed by atoms with Gasteiger partial charge in [-0.05, 0) is 48.9 Å². The van der Waals surface area contributed by atoms with Crippen molar-refractivity contribution in [3.8, 4) is 11.5 Å². The van der Waals surface area contributed by atoms with Gasteiger partial charge in [0.15, 0.2) is 0 Å². The van der Waals surface area contributed by atoms with Crippen molar-refractivity contribution in [2.24, 2.45) is 0 Å². The van der Waals surface area contributed by atoms with E-state index in [0.717, 1.165) is 43.2 Å². The number of phenols is 1. The minimum absolute atomic E-state index is 0.0286. The molecule has 0 aromatic heterocycles. The molecule has 2 N–H and O–H groups in total. The number of piperazine rings is 1. The highest BCUT2D eigenvalue weighted by atomic mass is 16.5. The van der Waals surface area contributed by atoms with Crippen molar-refractivity contribution in [1.29, 1.82) is 0 Å². The third kappa shape index (κ3) is 5.89. The van der Waals surface area contributed by atoms with Crippen LogP contribution < -0.4 is 15.0 Å². The van der Waals surface area contributed by atoms with E-state index in [-0.39, 0.29) is 11.7 Å². The first kappa shape index (κ1) is 19.0. The number of nitrogens with zero attached hydrogens (tertiary/aromatic N) is 2. The lowest BCUT2D eigenvalue weighted by atomic mass is 10.2. The molecular weight excluding hydrogens is 342 g/mol. The number of aryl methyl sites for hydroxylation is 1. The van der Waals surface area contributed by atoms with Crippen molar-refractivity contribution >= 4 is 11.6 Å². The SMILES string of the molecule is Cc1cccc(OCCNC(=O)CN2CCN(c3ccc(O)cc3)CC2)c1. The summed E-state index contributed by atoms with van der Waals surface area (Å²) in [7, 11) is 0. The van der Waals surface area contributed by atoms with Crippen LogP contribution in [0, 0.1) is 6.92 Å². The molecule has 0 atom stereocenters. The number of hydrogen-bond donors (Lipinski definition) is 2. The van der Waals surface area contributed by atoms with Gasteiger partial charge in [-0.3, -0.25) is 9.69 Å². The Kier molecular flexibility index (Phi) is 6.54. The van der Waals surface area contributed by atoms with Gasteiger partial charge in [-0.1, -0.05) is 12.1 Å². The molecule has 1 saturated heterocycles. The molecule has 27 heavy (non-hydrogen) atoms. The Hall–Kier alpha value is -2.73. The lowest BCUT2D eigenvalue weighted by Gasteiger charge is -2.35. The van der Waals surface area contributed by atoms with Gasteiger partial charge in [0, 0.05) is 31.9 Å². The quantitative estimate of drug-likeness (QED) is 0.731. The summed E-state index contributed by atoms with van der Waals surface area (Å²) in [6.45, 7) is 6.82. The summed E-state index contributed by atoms with van der Waals surface area (Å²) < 4.78 is 5.65. The van der Waals surface area contributed by atoms with E-state index in [9.17, 15) is 9.90 Å². The molecule has 0 bridgehead atoms. The Morgan fingerprint density at radius 3 is 2.56 bits per heavy atom. The van der Waals surface area contributed by atoms with Crippen LogP contribution in [0.3, 0.4) is 0 Å². The van der Waals surface area contributed by atoms with Crippen molar-refractivity contribution in [2.45, 2.75) is 6.92 Å². The van der Waals surface area contributed by atoms with Gasteiger partial charge in [-0.2, -0.15) is 0 Å². The fourth-order valence-corrected chi connectivity index (χ4v) is 3.15. The van der Waals surface area contributed by atoms with Crippen LogP contribution in [-0.4, -0.2) is 61.8 Å². The van der Waals surface area contributed by atoms with E-state index >= 15 is 0 Å². The molecule has 3 rings (SSSR count). The molecular formula is C21H27N3O3. The van der Waals surface area contributed by atoms with Crippen molar-refractivity contribution in [3.63, 3.8) is 0 Å². The lowest BCUT2D eigenvalue weighted by molar-refractivity contribution is -0.122. The van der Waals surface area contributed by atoms with Gasteiger partial charge < -0.3 is 20.1 Å². The van der Waals surface area contributed by atoms with E-state index < -0.39 is 0 Å². The summed E-state index contributed by atoms with van der Waals surface area (Å²) in [4.78, 5) is 16.5. The van der Waals surface area contributed by atoms with Gasteiger partial charge in [0.05, 0.1) is 13.1 Å². The maximum atomic E-state index is 12.1. The van der Waals surface area contributed by atoms with Crippen LogP contribution in [0.5, 0.6) is 11.5 Å². The zero-order valence-corrected chi connectivity index (χ0v) is 15.7.